The lowest BCUT2D eigenvalue weighted by Gasteiger charge is -2.00. The Morgan fingerprint density at radius 3 is 2.93 bits per heavy atom. The van der Waals surface area contributed by atoms with Crippen molar-refractivity contribution in [3.8, 4) is 0 Å². The van der Waals surface area contributed by atoms with Crippen molar-refractivity contribution in [3.63, 3.8) is 0 Å². The van der Waals surface area contributed by atoms with Crippen molar-refractivity contribution in [3.05, 3.63) is 47.8 Å². The molecule has 0 fully saturated rings. The summed E-state index contributed by atoms with van der Waals surface area (Å²) in [4.78, 5) is 4.28. The van der Waals surface area contributed by atoms with Gasteiger partial charge in [-0.05, 0) is 30.0 Å². The lowest BCUT2D eigenvalue weighted by atomic mass is 10.1. The topological polar surface area (TPSA) is 38.9 Å². The molecule has 0 bridgehead atoms. The van der Waals surface area contributed by atoms with E-state index < -0.39 is 0 Å². The van der Waals surface area contributed by atoms with Crippen LogP contribution in [0.5, 0.6) is 0 Å². The molecule has 1 heterocycles. The lowest BCUT2D eigenvalue weighted by Crippen LogP contribution is -1.91. The third-order valence-corrected chi connectivity index (χ3v) is 2.33. The van der Waals surface area contributed by atoms with E-state index in [0.717, 1.165) is 5.69 Å². The van der Waals surface area contributed by atoms with Crippen molar-refractivity contribution in [1.82, 2.24) is 4.98 Å². The van der Waals surface area contributed by atoms with Gasteiger partial charge in [-0.1, -0.05) is 24.3 Å². The molecule has 0 spiro atoms. The molecule has 15 heavy (non-hydrogen) atoms. The van der Waals surface area contributed by atoms with Crippen LogP contribution in [-0.2, 0) is 0 Å². The largest absolute Gasteiger partial charge is 0.327 e. The van der Waals surface area contributed by atoms with E-state index in [4.69, 9.17) is 5.73 Å². The SMILES string of the molecule is Cc1cc2ccc(/C=C/CN)cc2cn1. The van der Waals surface area contributed by atoms with Crippen LogP contribution in [0.4, 0.5) is 0 Å². The summed E-state index contributed by atoms with van der Waals surface area (Å²) in [6.45, 7) is 2.58. The Bertz CT molecular complexity index is 501. The van der Waals surface area contributed by atoms with E-state index in [0.29, 0.717) is 6.54 Å². The highest BCUT2D eigenvalue weighted by Gasteiger charge is 1.95. The highest BCUT2D eigenvalue weighted by atomic mass is 14.6. The zero-order valence-corrected chi connectivity index (χ0v) is 8.77. The quantitative estimate of drug-likeness (QED) is 0.805. The summed E-state index contributed by atoms with van der Waals surface area (Å²) >= 11 is 0. The maximum atomic E-state index is 5.41. The minimum absolute atomic E-state index is 0.574. The van der Waals surface area contributed by atoms with Crippen LogP contribution in [0.3, 0.4) is 0 Å². The zero-order valence-electron chi connectivity index (χ0n) is 8.77. The molecule has 0 aliphatic heterocycles. The standard InChI is InChI=1S/C13H14N2/c1-10-7-12-5-4-11(3-2-6-14)8-13(12)9-15-10/h2-5,7-9H,6,14H2,1H3/b3-2+. The number of rotatable bonds is 2. The molecule has 0 aliphatic carbocycles. The van der Waals surface area contributed by atoms with Gasteiger partial charge in [-0.2, -0.15) is 0 Å². The van der Waals surface area contributed by atoms with Gasteiger partial charge in [0, 0.05) is 23.8 Å². The first-order valence-corrected chi connectivity index (χ1v) is 5.02. The number of fused-ring (bicyclic) bond motifs is 1. The second kappa shape index (κ2) is 4.24. The smallest absolute Gasteiger partial charge is 0.0379 e. The van der Waals surface area contributed by atoms with Gasteiger partial charge in [0.05, 0.1) is 0 Å². The lowest BCUT2D eigenvalue weighted by molar-refractivity contribution is 1.22. The monoisotopic (exact) mass is 198 g/mol. The van der Waals surface area contributed by atoms with Crippen molar-refractivity contribution in [2.45, 2.75) is 6.92 Å². The Hall–Kier alpha value is -1.67. The normalized spacial score (nSPS) is 11.3. The van der Waals surface area contributed by atoms with Gasteiger partial charge in [0.2, 0.25) is 0 Å². The van der Waals surface area contributed by atoms with Crippen LogP contribution in [0.15, 0.2) is 36.5 Å². The molecule has 1 aromatic carbocycles. The molecule has 2 N–H and O–H groups in total. The highest BCUT2D eigenvalue weighted by Crippen LogP contribution is 2.16. The van der Waals surface area contributed by atoms with Gasteiger partial charge in [0.15, 0.2) is 0 Å². The molecular weight excluding hydrogens is 184 g/mol. The Morgan fingerprint density at radius 2 is 2.13 bits per heavy atom. The first kappa shape index (κ1) is 9.87. The molecule has 2 rings (SSSR count). The fraction of sp³-hybridized carbons (Fsp3) is 0.154. The van der Waals surface area contributed by atoms with Crippen LogP contribution < -0.4 is 5.73 Å². The number of aromatic nitrogens is 1. The number of benzene rings is 1. The molecule has 2 heteroatoms. The molecular formula is C13H14N2. The Morgan fingerprint density at radius 1 is 1.27 bits per heavy atom. The highest BCUT2D eigenvalue weighted by molar-refractivity contribution is 5.84. The fourth-order valence-electron chi connectivity index (χ4n) is 1.58. The number of nitrogens with two attached hydrogens (primary N) is 1. The molecule has 0 saturated carbocycles. The van der Waals surface area contributed by atoms with E-state index in [1.807, 2.05) is 25.3 Å². The summed E-state index contributed by atoms with van der Waals surface area (Å²) in [5.41, 5.74) is 7.62. The maximum absolute atomic E-state index is 5.41. The van der Waals surface area contributed by atoms with Crippen LogP contribution in [0, 0.1) is 6.92 Å². The molecule has 76 valence electrons. The minimum Gasteiger partial charge on any atom is -0.327 e. The zero-order chi connectivity index (χ0) is 10.7. The second-order valence-corrected chi connectivity index (χ2v) is 3.57. The van der Waals surface area contributed by atoms with Crippen molar-refractivity contribution in [2.24, 2.45) is 5.73 Å². The van der Waals surface area contributed by atoms with Crippen LogP contribution in [0.2, 0.25) is 0 Å². The number of nitrogens with zero attached hydrogens (tertiary/aromatic N) is 1. The van der Waals surface area contributed by atoms with Gasteiger partial charge in [-0.25, -0.2) is 0 Å². The van der Waals surface area contributed by atoms with E-state index in [1.165, 1.54) is 16.3 Å². The van der Waals surface area contributed by atoms with E-state index in [1.54, 1.807) is 0 Å². The van der Waals surface area contributed by atoms with Crippen molar-refractivity contribution < 1.29 is 0 Å². The predicted octanol–water partition coefficient (Wildman–Crippen LogP) is 2.52. The van der Waals surface area contributed by atoms with E-state index in [9.17, 15) is 0 Å². The third-order valence-electron chi connectivity index (χ3n) is 2.33. The van der Waals surface area contributed by atoms with Crippen LogP contribution >= 0.6 is 0 Å². The summed E-state index contributed by atoms with van der Waals surface area (Å²) in [6.07, 6.45) is 5.88. The first-order chi connectivity index (χ1) is 7.29. The van der Waals surface area contributed by atoms with Gasteiger partial charge in [-0.3, -0.25) is 4.98 Å². The Balaban J connectivity index is 2.47. The first-order valence-electron chi connectivity index (χ1n) is 5.02. The van der Waals surface area contributed by atoms with E-state index in [2.05, 4.69) is 29.2 Å². The molecule has 0 amide bonds. The molecule has 0 radical (unpaired) electrons. The summed E-state index contributed by atoms with van der Waals surface area (Å²) in [5, 5.41) is 2.40. The number of aryl methyl sites for hydroxylation is 1. The van der Waals surface area contributed by atoms with Gasteiger partial charge < -0.3 is 5.73 Å². The molecule has 0 unspecified atom stereocenters. The number of pyridine rings is 1. The summed E-state index contributed by atoms with van der Waals surface area (Å²) in [5.74, 6) is 0. The van der Waals surface area contributed by atoms with Gasteiger partial charge in [0.25, 0.3) is 0 Å². The summed E-state index contributed by atoms with van der Waals surface area (Å²) in [7, 11) is 0. The summed E-state index contributed by atoms with van der Waals surface area (Å²) < 4.78 is 0. The second-order valence-electron chi connectivity index (χ2n) is 3.57. The molecule has 0 saturated heterocycles. The average Bonchev–Trinajstić information content (AvgIpc) is 2.26. The molecule has 0 aliphatic rings. The Kier molecular flexibility index (Phi) is 2.79. The molecule has 0 atom stereocenters. The van der Waals surface area contributed by atoms with Gasteiger partial charge in [-0.15, -0.1) is 0 Å². The summed E-state index contributed by atoms with van der Waals surface area (Å²) in [6, 6.07) is 8.41. The molecule has 1 aromatic heterocycles. The minimum atomic E-state index is 0.574. The Labute approximate surface area is 89.4 Å². The third kappa shape index (κ3) is 2.22. The molecule has 2 nitrogen and oxygen atoms in total. The number of hydrogen-bond donors (Lipinski definition) is 1. The fourth-order valence-corrected chi connectivity index (χ4v) is 1.58. The van der Waals surface area contributed by atoms with Crippen LogP contribution in [0.1, 0.15) is 11.3 Å². The average molecular weight is 198 g/mol. The van der Waals surface area contributed by atoms with Crippen molar-refractivity contribution in [2.75, 3.05) is 6.54 Å². The molecule has 2 aromatic rings. The van der Waals surface area contributed by atoms with Crippen LogP contribution in [0.25, 0.3) is 16.8 Å². The number of hydrogen-bond acceptors (Lipinski definition) is 2. The van der Waals surface area contributed by atoms with Crippen molar-refractivity contribution >= 4 is 16.8 Å². The maximum Gasteiger partial charge on any atom is 0.0379 e. The van der Waals surface area contributed by atoms with Crippen LogP contribution in [-0.4, -0.2) is 11.5 Å². The predicted molar refractivity (Wildman–Crippen MR) is 64.6 cm³/mol. The van der Waals surface area contributed by atoms with Gasteiger partial charge >= 0.3 is 0 Å². The van der Waals surface area contributed by atoms with Crippen molar-refractivity contribution in [1.29, 1.82) is 0 Å². The van der Waals surface area contributed by atoms with Gasteiger partial charge in [0.1, 0.15) is 0 Å². The van der Waals surface area contributed by atoms with E-state index in [-0.39, 0.29) is 0 Å². The van der Waals surface area contributed by atoms with E-state index >= 15 is 0 Å².